The molecule has 1 amide bonds. The molecule has 0 saturated carbocycles. The number of carbonyl (C=O) groups is 2. The van der Waals surface area contributed by atoms with Crippen LogP contribution in [-0.2, 0) is 4.79 Å². The maximum absolute atomic E-state index is 11.7. The Kier molecular flexibility index (Phi) is 6.14. The average molecular weight is 325 g/mol. The highest BCUT2D eigenvalue weighted by atomic mass is 16.6. The zero-order valence-corrected chi connectivity index (χ0v) is 13.2. The summed E-state index contributed by atoms with van der Waals surface area (Å²) in [6.07, 6.45) is 0.248. The summed E-state index contributed by atoms with van der Waals surface area (Å²) < 4.78 is 5.17. The van der Waals surface area contributed by atoms with Gasteiger partial charge in [0, 0.05) is 12.1 Å². The third kappa shape index (κ3) is 5.28. The average Bonchev–Trinajstić information content (AvgIpc) is 2.60. The normalized spacial score (nSPS) is 10.0. The standard InChI is InChI=1S/C19H19NO4/c1-14(18(21)22)6-5-13-20-19(23)24-17-11-9-16(10-12-17)15-7-3-2-4-8-15/h2-4,7-12H,1,5-6,13H2,(H,20,23)(H,21,22). The van der Waals surface area contributed by atoms with Crippen molar-refractivity contribution in [3.05, 3.63) is 66.7 Å². The second-order valence-electron chi connectivity index (χ2n) is 5.22. The lowest BCUT2D eigenvalue weighted by Gasteiger charge is -2.07. The topological polar surface area (TPSA) is 75.6 Å². The van der Waals surface area contributed by atoms with Gasteiger partial charge in [-0.25, -0.2) is 9.59 Å². The Morgan fingerprint density at radius 3 is 2.25 bits per heavy atom. The minimum atomic E-state index is -1.02. The van der Waals surface area contributed by atoms with Gasteiger partial charge in [0.25, 0.3) is 0 Å². The van der Waals surface area contributed by atoms with Gasteiger partial charge in [0.1, 0.15) is 5.75 Å². The molecule has 0 unspecified atom stereocenters. The molecule has 0 aliphatic rings. The van der Waals surface area contributed by atoms with Gasteiger partial charge in [0.15, 0.2) is 0 Å². The van der Waals surface area contributed by atoms with E-state index in [1.54, 1.807) is 12.1 Å². The van der Waals surface area contributed by atoms with E-state index in [0.29, 0.717) is 25.1 Å². The highest BCUT2D eigenvalue weighted by Gasteiger charge is 2.06. The number of nitrogens with one attached hydrogen (secondary N) is 1. The van der Waals surface area contributed by atoms with E-state index in [2.05, 4.69) is 11.9 Å². The number of carboxylic acids is 1. The molecule has 0 aromatic heterocycles. The highest BCUT2D eigenvalue weighted by Crippen LogP contribution is 2.22. The lowest BCUT2D eigenvalue weighted by atomic mass is 10.1. The number of carbonyl (C=O) groups excluding carboxylic acids is 1. The third-order valence-electron chi connectivity index (χ3n) is 3.40. The van der Waals surface area contributed by atoms with Crippen LogP contribution < -0.4 is 10.1 Å². The minimum Gasteiger partial charge on any atom is -0.478 e. The number of hydrogen-bond donors (Lipinski definition) is 2. The van der Waals surface area contributed by atoms with Gasteiger partial charge >= 0.3 is 12.1 Å². The van der Waals surface area contributed by atoms with Gasteiger partial charge in [-0.05, 0) is 36.1 Å². The van der Waals surface area contributed by atoms with Crippen LogP contribution in [0.2, 0.25) is 0 Å². The molecule has 2 N–H and O–H groups in total. The van der Waals surface area contributed by atoms with Crippen LogP contribution in [0, 0.1) is 0 Å². The molecule has 0 spiro atoms. The van der Waals surface area contributed by atoms with E-state index in [4.69, 9.17) is 9.84 Å². The van der Waals surface area contributed by atoms with Gasteiger partial charge in [0.2, 0.25) is 0 Å². The summed E-state index contributed by atoms with van der Waals surface area (Å²) >= 11 is 0. The molecular formula is C19H19NO4. The maximum Gasteiger partial charge on any atom is 0.412 e. The second-order valence-corrected chi connectivity index (χ2v) is 5.22. The lowest BCUT2D eigenvalue weighted by molar-refractivity contribution is -0.132. The summed E-state index contributed by atoms with van der Waals surface area (Å²) in [6, 6.07) is 17.1. The van der Waals surface area contributed by atoms with Gasteiger partial charge in [0.05, 0.1) is 0 Å². The first-order valence-corrected chi connectivity index (χ1v) is 7.58. The van der Waals surface area contributed by atoms with Gasteiger partial charge in [-0.1, -0.05) is 49.0 Å². The SMILES string of the molecule is C=C(CCCNC(=O)Oc1ccc(-c2ccccc2)cc1)C(=O)O. The Labute approximate surface area is 140 Å². The van der Waals surface area contributed by atoms with Gasteiger partial charge in [-0.15, -0.1) is 0 Å². The highest BCUT2D eigenvalue weighted by molar-refractivity contribution is 5.85. The van der Waals surface area contributed by atoms with Crippen molar-refractivity contribution in [2.24, 2.45) is 0 Å². The van der Waals surface area contributed by atoms with Crippen molar-refractivity contribution >= 4 is 12.1 Å². The first-order valence-electron chi connectivity index (χ1n) is 7.58. The van der Waals surface area contributed by atoms with Crippen molar-refractivity contribution in [3.8, 4) is 16.9 Å². The Bertz CT molecular complexity index is 708. The first kappa shape index (κ1) is 17.3. The Balaban J connectivity index is 1.78. The maximum atomic E-state index is 11.7. The molecule has 2 aromatic carbocycles. The molecular weight excluding hydrogens is 306 g/mol. The molecule has 124 valence electrons. The van der Waals surface area contributed by atoms with Gasteiger partial charge in [-0.3, -0.25) is 0 Å². The third-order valence-corrected chi connectivity index (χ3v) is 3.40. The first-order chi connectivity index (χ1) is 11.6. The zero-order valence-electron chi connectivity index (χ0n) is 13.2. The number of carboxylic acid groups (broad SMARTS) is 1. The number of benzene rings is 2. The lowest BCUT2D eigenvalue weighted by Crippen LogP contribution is -2.27. The van der Waals surface area contributed by atoms with E-state index >= 15 is 0 Å². The fourth-order valence-corrected chi connectivity index (χ4v) is 2.09. The van der Waals surface area contributed by atoms with Crippen molar-refractivity contribution in [2.45, 2.75) is 12.8 Å². The molecule has 5 nitrogen and oxygen atoms in total. The number of rotatable bonds is 7. The zero-order chi connectivity index (χ0) is 17.4. The van der Waals surface area contributed by atoms with Crippen LogP contribution in [0.25, 0.3) is 11.1 Å². The van der Waals surface area contributed by atoms with Crippen molar-refractivity contribution in [2.75, 3.05) is 6.54 Å². The van der Waals surface area contributed by atoms with Crippen LogP contribution in [0.4, 0.5) is 4.79 Å². The summed E-state index contributed by atoms with van der Waals surface area (Å²) in [5.41, 5.74) is 2.25. The van der Waals surface area contributed by atoms with E-state index in [0.717, 1.165) is 11.1 Å². The van der Waals surface area contributed by atoms with E-state index in [1.807, 2.05) is 42.5 Å². The van der Waals surface area contributed by atoms with Gasteiger partial charge < -0.3 is 15.2 Å². The predicted molar refractivity (Wildman–Crippen MR) is 91.9 cm³/mol. The molecule has 2 rings (SSSR count). The smallest absolute Gasteiger partial charge is 0.412 e. The van der Waals surface area contributed by atoms with Crippen molar-refractivity contribution in [3.63, 3.8) is 0 Å². The summed E-state index contributed by atoms with van der Waals surface area (Å²) in [5, 5.41) is 11.3. The number of aliphatic carboxylic acids is 1. The van der Waals surface area contributed by atoms with Crippen LogP contribution in [0.3, 0.4) is 0 Å². The molecule has 0 heterocycles. The molecule has 0 saturated heterocycles. The number of ether oxygens (including phenoxy) is 1. The van der Waals surface area contributed by atoms with Crippen molar-refractivity contribution in [1.82, 2.24) is 5.32 Å². The molecule has 0 fully saturated rings. The van der Waals surface area contributed by atoms with E-state index in [1.165, 1.54) is 0 Å². The minimum absolute atomic E-state index is 0.127. The fraction of sp³-hybridized carbons (Fsp3) is 0.158. The largest absolute Gasteiger partial charge is 0.478 e. The van der Waals surface area contributed by atoms with E-state index in [-0.39, 0.29) is 5.57 Å². The van der Waals surface area contributed by atoms with Crippen LogP contribution in [-0.4, -0.2) is 23.7 Å². The van der Waals surface area contributed by atoms with Crippen LogP contribution in [0.5, 0.6) is 5.75 Å². The molecule has 24 heavy (non-hydrogen) atoms. The molecule has 0 aliphatic carbocycles. The molecule has 0 atom stereocenters. The monoisotopic (exact) mass is 325 g/mol. The fourth-order valence-electron chi connectivity index (χ4n) is 2.09. The quantitative estimate of drug-likeness (QED) is 0.598. The number of hydrogen-bond acceptors (Lipinski definition) is 3. The second kappa shape index (κ2) is 8.53. The molecule has 5 heteroatoms. The molecule has 0 bridgehead atoms. The van der Waals surface area contributed by atoms with E-state index < -0.39 is 12.1 Å². The summed E-state index contributed by atoms with van der Waals surface area (Å²) in [6.45, 7) is 3.75. The Morgan fingerprint density at radius 1 is 1.00 bits per heavy atom. The Hall–Kier alpha value is -3.08. The van der Waals surface area contributed by atoms with Crippen molar-refractivity contribution < 1.29 is 19.4 Å². The molecule has 2 aromatic rings. The molecule has 0 aliphatic heterocycles. The Morgan fingerprint density at radius 2 is 1.62 bits per heavy atom. The summed E-state index contributed by atoms with van der Waals surface area (Å²) in [5.74, 6) is -0.571. The van der Waals surface area contributed by atoms with E-state index in [9.17, 15) is 9.59 Å². The summed E-state index contributed by atoms with van der Waals surface area (Å²) in [7, 11) is 0. The number of amides is 1. The van der Waals surface area contributed by atoms with Crippen LogP contribution in [0.1, 0.15) is 12.8 Å². The molecule has 0 radical (unpaired) electrons. The van der Waals surface area contributed by atoms with Crippen molar-refractivity contribution in [1.29, 1.82) is 0 Å². The van der Waals surface area contributed by atoms with Crippen LogP contribution >= 0.6 is 0 Å². The summed E-state index contributed by atoms with van der Waals surface area (Å²) in [4.78, 5) is 22.3. The van der Waals surface area contributed by atoms with Gasteiger partial charge in [-0.2, -0.15) is 0 Å². The predicted octanol–water partition coefficient (Wildman–Crippen LogP) is 3.86. The van der Waals surface area contributed by atoms with Crippen LogP contribution in [0.15, 0.2) is 66.7 Å².